The van der Waals surface area contributed by atoms with Crippen molar-refractivity contribution >= 4 is 40.6 Å². The predicted octanol–water partition coefficient (Wildman–Crippen LogP) is 5.07. The lowest BCUT2D eigenvalue weighted by atomic mass is 10.0. The van der Waals surface area contributed by atoms with Crippen LogP contribution in [-0.2, 0) is 6.42 Å². The van der Waals surface area contributed by atoms with E-state index in [2.05, 4.69) is 0 Å². The van der Waals surface area contributed by atoms with Crippen molar-refractivity contribution in [1.29, 1.82) is 0 Å². The summed E-state index contributed by atoms with van der Waals surface area (Å²) in [4.78, 5) is 12.0. The number of carbonyl (C=O) groups is 1. The summed E-state index contributed by atoms with van der Waals surface area (Å²) in [5, 5.41) is 1.67. The quantitative estimate of drug-likeness (QED) is 0.723. The van der Waals surface area contributed by atoms with Crippen LogP contribution in [-0.4, -0.2) is 5.78 Å². The van der Waals surface area contributed by atoms with E-state index >= 15 is 0 Å². The Bertz CT molecular complexity index is 556. The van der Waals surface area contributed by atoms with E-state index in [1.165, 1.54) is 0 Å². The van der Waals surface area contributed by atoms with Gasteiger partial charge in [-0.1, -0.05) is 34.8 Å². The van der Waals surface area contributed by atoms with Gasteiger partial charge in [0.1, 0.15) is 0 Å². The summed E-state index contributed by atoms with van der Waals surface area (Å²) in [7, 11) is 0. The maximum Gasteiger partial charge on any atom is 0.167 e. The molecule has 2 aromatic rings. The van der Waals surface area contributed by atoms with Crippen LogP contribution in [0.4, 0.5) is 0 Å². The standard InChI is InChI=1S/C14H9Cl3O/c15-11-3-1-10(2-4-11)14(18)7-9-5-12(16)8-13(17)6-9/h1-6,8H,7H2. The number of benzene rings is 2. The van der Waals surface area contributed by atoms with Crippen molar-refractivity contribution in [3.8, 4) is 0 Å². The average Bonchev–Trinajstić information content (AvgIpc) is 2.28. The average molecular weight is 300 g/mol. The van der Waals surface area contributed by atoms with E-state index < -0.39 is 0 Å². The largest absolute Gasteiger partial charge is 0.294 e. The van der Waals surface area contributed by atoms with Crippen molar-refractivity contribution in [2.75, 3.05) is 0 Å². The number of ketones is 1. The molecule has 1 nitrogen and oxygen atoms in total. The molecular formula is C14H9Cl3O. The van der Waals surface area contributed by atoms with Gasteiger partial charge in [-0.25, -0.2) is 0 Å². The molecule has 0 amide bonds. The highest BCUT2D eigenvalue weighted by Crippen LogP contribution is 2.20. The Labute approximate surface area is 120 Å². The summed E-state index contributed by atoms with van der Waals surface area (Å²) in [6.45, 7) is 0. The molecule has 0 unspecified atom stereocenters. The summed E-state index contributed by atoms with van der Waals surface area (Å²) in [6, 6.07) is 11.9. The van der Waals surface area contributed by atoms with Crippen LogP contribution in [0.15, 0.2) is 42.5 Å². The number of halogens is 3. The summed E-state index contributed by atoms with van der Waals surface area (Å²) in [5.41, 5.74) is 1.42. The molecule has 0 aromatic heterocycles. The Morgan fingerprint density at radius 3 is 1.94 bits per heavy atom. The third-order valence-corrected chi connectivity index (χ3v) is 3.14. The number of Topliss-reactive ketones (excluding diaryl/α,β-unsaturated/α-hetero) is 1. The number of hydrogen-bond donors (Lipinski definition) is 0. The van der Waals surface area contributed by atoms with Gasteiger partial charge in [0.2, 0.25) is 0 Å². The minimum atomic E-state index is 0.00463. The summed E-state index contributed by atoms with van der Waals surface area (Å²) < 4.78 is 0. The van der Waals surface area contributed by atoms with Gasteiger partial charge in [0.05, 0.1) is 0 Å². The van der Waals surface area contributed by atoms with Crippen molar-refractivity contribution in [2.45, 2.75) is 6.42 Å². The number of hydrogen-bond acceptors (Lipinski definition) is 1. The number of carbonyl (C=O) groups excluding carboxylic acids is 1. The van der Waals surface area contributed by atoms with E-state index in [1.54, 1.807) is 42.5 Å². The molecule has 0 atom stereocenters. The third kappa shape index (κ3) is 3.49. The second-order valence-corrected chi connectivity index (χ2v) is 5.19. The molecule has 0 aliphatic rings. The minimum Gasteiger partial charge on any atom is -0.294 e. The van der Waals surface area contributed by atoms with Gasteiger partial charge in [-0.3, -0.25) is 4.79 Å². The maximum absolute atomic E-state index is 12.0. The Hall–Kier alpha value is -1.02. The van der Waals surface area contributed by atoms with E-state index in [-0.39, 0.29) is 12.2 Å². The second-order valence-electron chi connectivity index (χ2n) is 3.88. The third-order valence-electron chi connectivity index (χ3n) is 2.45. The summed E-state index contributed by atoms with van der Waals surface area (Å²) >= 11 is 17.5. The fraction of sp³-hybridized carbons (Fsp3) is 0.0714. The van der Waals surface area contributed by atoms with E-state index in [0.29, 0.717) is 20.6 Å². The first-order valence-corrected chi connectivity index (χ1v) is 6.42. The van der Waals surface area contributed by atoms with Gasteiger partial charge in [-0.15, -0.1) is 0 Å². The Balaban J connectivity index is 2.18. The molecule has 0 fully saturated rings. The normalized spacial score (nSPS) is 10.4. The van der Waals surface area contributed by atoms with E-state index in [0.717, 1.165) is 5.56 Å². The van der Waals surface area contributed by atoms with Gasteiger partial charge in [-0.2, -0.15) is 0 Å². The highest BCUT2D eigenvalue weighted by atomic mass is 35.5. The molecule has 18 heavy (non-hydrogen) atoms. The zero-order valence-electron chi connectivity index (χ0n) is 9.29. The highest BCUT2D eigenvalue weighted by molar-refractivity contribution is 6.34. The molecule has 0 saturated carbocycles. The van der Waals surface area contributed by atoms with Gasteiger partial charge in [0.25, 0.3) is 0 Å². The summed E-state index contributed by atoms with van der Waals surface area (Å²) in [5.74, 6) is 0.00463. The molecule has 0 spiro atoms. The van der Waals surface area contributed by atoms with Crippen LogP contribution in [0.25, 0.3) is 0 Å². The molecule has 0 aliphatic heterocycles. The molecule has 0 aliphatic carbocycles. The van der Waals surface area contributed by atoms with Crippen molar-refractivity contribution in [2.24, 2.45) is 0 Å². The molecule has 0 N–H and O–H groups in total. The van der Waals surface area contributed by atoms with Crippen molar-refractivity contribution in [3.63, 3.8) is 0 Å². The first kappa shape index (κ1) is 13.4. The predicted molar refractivity (Wildman–Crippen MR) is 75.9 cm³/mol. The molecule has 0 radical (unpaired) electrons. The van der Waals surface area contributed by atoms with Crippen LogP contribution < -0.4 is 0 Å². The van der Waals surface area contributed by atoms with Crippen molar-refractivity contribution in [1.82, 2.24) is 0 Å². The van der Waals surface area contributed by atoms with Crippen molar-refractivity contribution in [3.05, 3.63) is 68.7 Å². The lowest BCUT2D eigenvalue weighted by Gasteiger charge is -2.03. The fourth-order valence-corrected chi connectivity index (χ4v) is 2.33. The lowest BCUT2D eigenvalue weighted by Crippen LogP contribution is -2.03. The molecule has 4 heteroatoms. The second kappa shape index (κ2) is 5.75. The highest BCUT2D eigenvalue weighted by Gasteiger charge is 2.08. The number of rotatable bonds is 3. The first-order chi connectivity index (χ1) is 8.54. The van der Waals surface area contributed by atoms with Gasteiger partial charge in [0.15, 0.2) is 5.78 Å². The maximum atomic E-state index is 12.0. The molecule has 0 saturated heterocycles. The van der Waals surface area contributed by atoms with Crippen LogP contribution in [0.5, 0.6) is 0 Å². The molecule has 2 rings (SSSR count). The van der Waals surface area contributed by atoms with E-state index in [1.807, 2.05) is 0 Å². The molecule has 2 aromatic carbocycles. The van der Waals surface area contributed by atoms with E-state index in [9.17, 15) is 4.79 Å². The van der Waals surface area contributed by atoms with Gasteiger partial charge >= 0.3 is 0 Å². The van der Waals surface area contributed by atoms with Gasteiger partial charge in [-0.05, 0) is 48.0 Å². The molecule has 92 valence electrons. The Morgan fingerprint density at radius 1 is 0.833 bits per heavy atom. The minimum absolute atomic E-state index is 0.00463. The first-order valence-electron chi connectivity index (χ1n) is 5.28. The zero-order chi connectivity index (χ0) is 13.1. The van der Waals surface area contributed by atoms with Crippen LogP contribution in [0.2, 0.25) is 15.1 Å². The summed E-state index contributed by atoms with van der Waals surface area (Å²) in [6.07, 6.45) is 0.266. The van der Waals surface area contributed by atoms with Gasteiger partial charge in [0, 0.05) is 27.1 Å². The molecular weight excluding hydrogens is 291 g/mol. The SMILES string of the molecule is O=C(Cc1cc(Cl)cc(Cl)c1)c1ccc(Cl)cc1. The Morgan fingerprint density at radius 2 is 1.39 bits per heavy atom. The lowest BCUT2D eigenvalue weighted by molar-refractivity contribution is 0.0993. The zero-order valence-corrected chi connectivity index (χ0v) is 11.6. The van der Waals surface area contributed by atoms with Crippen LogP contribution in [0.1, 0.15) is 15.9 Å². The van der Waals surface area contributed by atoms with Crippen molar-refractivity contribution < 1.29 is 4.79 Å². The topological polar surface area (TPSA) is 17.1 Å². The van der Waals surface area contributed by atoms with Crippen LogP contribution in [0.3, 0.4) is 0 Å². The Kier molecular flexibility index (Phi) is 4.28. The van der Waals surface area contributed by atoms with E-state index in [4.69, 9.17) is 34.8 Å². The molecule has 0 bridgehead atoms. The monoisotopic (exact) mass is 298 g/mol. The smallest absolute Gasteiger partial charge is 0.167 e. The molecule has 0 heterocycles. The van der Waals surface area contributed by atoms with Crippen LogP contribution in [0, 0.1) is 0 Å². The van der Waals surface area contributed by atoms with Crippen LogP contribution >= 0.6 is 34.8 Å². The fourth-order valence-electron chi connectivity index (χ4n) is 1.64. The van der Waals surface area contributed by atoms with Gasteiger partial charge < -0.3 is 0 Å².